The van der Waals surface area contributed by atoms with Crippen molar-refractivity contribution in [2.75, 3.05) is 238 Å². The van der Waals surface area contributed by atoms with Crippen LogP contribution in [-0.4, -0.2) is 395 Å². The molecule has 5 rings (SSSR count). The zero-order valence-electron chi connectivity index (χ0n) is 73.3. The van der Waals surface area contributed by atoms with E-state index in [2.05, 4.69) is 10.6 Å². The number of quaternary nitrogens is 1. The van der Waals surface area contributed by atoms with Gasteiger partial charge < -0.3 is 117 Å². The smallest absolute Gasteiger partial charge is 0.335 e. The number of imide groups is 5. The van der Waals surface area contributed by atoms with E-state index in [4.69, 9.17) is 101 Å². The number of carboxylic acid groups (broad SMARTS) is 3. The topological polar surface area (TPSA) is 619 Å². The van der Waals surface area contributed by atoms with Crippen LogP contribution < -0.4 is 5.73 Å². The summed E-state index contributed by atoms with van der Waals surface area (Å²) in [7, 11) is 0. The average molecular weight is 1840 g/mol. The van der Waals surface area contributed by atoms with Crippen molar-refractivity contribution >= 4 is 106 Å². The zero-order chi connectivity index (χ0) is 93.9. The molecule has 2 fully saturated rings. The minimum Gasteiger partial charge on any atom is -0.481 e. The normalized spacial score (nSPS) is 13.9. The third-order valence-electron chi connectivity index (χ3n) is 16.0. The Balaban J connectivity index is 0.00000161. The molecule has 0 aromatic rings. The molecule has 128 heavy (non-hydrogen) atoms. The Labute approximate surface area is 741 Å². The molecular formula is C81H129N6O41+. The minimum absolute atomic E-state index is 0. The van der Waals surface area contributed by atoms with Crippen molar-refractivity contribution in [1.82, 2.24) is 24.8 Å². The van der Waals surface area contributed by atoms with Gasteiger partial charge in [-0.05, 0) is 40.0 Å². The Morgan fingerprint density at radius 1 is 0.281 bits per heavy atom. The molecule has 8 N–H and O–H groups in total. The third-order valence-corrected chi connectivity index (χ3v) is 16.0. The number of carbonyl (C=O) groups excluding carboxylic acids is 15. The highest BCUT2D eigenvalue weighted by Crippen LogP contribution is 2.16. The number of hydrogen-bond donors (Lipinski definition) is 4. The molecule has 728 valence electrons. The summed E-state index contributed by atoms with van der Waals surface area (Å²) < 4.78 is 89.3. The van der Waals surface area contributed by atoms with E-state index in [1.807, 2.05) is 20.8 Å². The Kier molecular flexibility index (Phi) is 71.5. The minimum atomic E-state index is -0.890. The molecule has 47 heteroatoms. The highest BCUT2D eigenvalue weighted by Gasteiger charge is 2.35. The van der Waals surface area contributed by atoms with Crippen molar-refractivity contribution in [3.63, 3.8) is 0 Å². The zero-order valence-corrected chi connectivity index (χ0v) is 73.3. The summed E-state index contributed by atoms with van der Waals surface area (Å²) in [6.45, 7) is 19.1. The van der Waals surface area contributed by atoms with E-state index < -0.39 is 70.9 Å². The van der Waals surface area contributed by atoms with Crippen LogP contribution in [0.15, 0.2) is 36.5 Å². The molecule has 0 aliphatic carbocycles. The Morgan fingerprint density at radius 3 is 0.734 bits per heavy atom. The molecule has 0 bridgehead atoms. The maximum absolute atomic E-state index is 11.8. The van der Waals surface area contributed by atoms with E-state index in [1.165, 1.54) is 24.3 Å². The summed E-state index contributed by atoms with van der Waals surface area (Å²) in [6, 6.07) is 0. The number of ether oxygens (including phenoxy) is 17. The van der Waals surface area contributed by atoms with Gasteiger partial charge in [0.25, 0.3) is 59.1 Å². The Bertz CT molecular complexity index is 3320. The van der Waals surface area contributed by atoms with Gasteiger partial charge in [-0.25, -0.2) is 9.59 Å². The molecule has 5 heterocycles. The molecule has 0 atom stereocenters. The van der Waals surface area contributed by atoms with Crippen LogP contribution >= 0.6 is 0 Å². The van der Waals surface area contributed by atoms with Gasteiger partial charge in [0.05, 0.1) is 230 Å². The number of rotatable bonds is 73. The van der Waals surface area contributed by atoms with Crippen LogP contribution in [0.4, 0.5) is 0 Å². The first-order valence-electron chi connectivity index (χ1n) is 41.6. The number of carboxylic acids is 3. The van der Waals surface area contributed by atoms with Crippen molar-refractivity contribution in [3.8, 4) is 0 Å². The first-order chi connectivity index (χ1) is 60.9. The summed E-state index contributed by atoms with van der Waals surface area (Å²) >= 11 is 0. The predicted molar refractivity (Wildman–Crippen MR) is 435 cm³/mol. The number of ketones is 2. The Morgan fingerprint density at radius 2 is 0.492 bits per heavy atom. The van der Waals surface area contributed by atoms with Gasteiger partial charge in [0.15, 0.2) is 0 Å². The standard InChI is InChI=1S/C23H32N2O11.C19H29NO9.C17H32O8.C11H10N2O6.C11H23NO6.H2O/c26-18(7-9-24-19(27)3-4-20(24)28)2-1-10-32-12-14-34-16-17-35-15-13-33-11-8-23(31)36-25-21(29)5-6-22(25)30;21-16(5-7-20-17(22)3-4-18(20)23)2-1-8-26-10-12-28-14-15-29-13-11-27-9-6-19(24)25;1-17(2,3)25-16(20)5-4-7-21-9-11-23-13-14-24-12-10-22-8-6-15(18)19;14-7-1-2-8(15)12(7)6-5-11(18)19-13-9(16)3-4-10(13)17;12-2-4-16-6-8-18-10-9-17-7-5-15-3-1-11(13)14;/h3-4H,1-2,5-17H2;3-4H,1-2,5-15H2,(H,24,25);4-14H2,1-3H3,(H,18,19);1-2H,3-6H2;1-10,12H2,(H,13,14);1H2/p+1. The highest BCUT2D eigenvalue weighted by molar-refractivity contribution is 6.14. The molecule has 0 aromatic carbocycles. The van der Waals surface area contributed by atoms with Gasteiger partial charge in [-0.3, -0.25) is 91.4 Å². The summed E-state index contributed by atoms with van der Waals surface area (Å²) in [5.41, 5.74) is 3.21. The second kappa shape index (κ2) is 77.3. The number of Topliss-reactive ketones (excluding diaryl/α,β-unsaturated/α-hetero) is 2. The van der Waals surface area contributed by atoms with Crippen molar-refractivity contribution < 1.29 is 203 Å². The lowest BCUT2D eigenvalue weighted by Crippen LogP contribution is -2.52. The lowest BCUT2D eigenvalue weighted by molar-refractivity contribution is -0.374. The monoisotopic (exact) mass is 1840 g/mol. The number of aliphatic carboxylic acids is 3. The van der Waals surface area contributed by atoms with Crippen molar-refractivity contribution in [2.45, 2.75) is 136 Å². The predicted octanol–water partition coefficient (Wildman–Crippen LogP) is -1.59. The van der Waals surface area contributed by atoms with Crippen molar-refractivity contribution in [2.24, 2.45) is 0 Å². The number of carbonyl (C=O) groups is 18. The summed E-state index contributed by atoms with van der Waals surface area (Å²) in [4.78, 5) is 214. The van der Waals surface area contributed by atoms with E-state index in [0.717, 1.165) is 33.4 Å². The first kappa shape index (κ1) is 118. The van der Waals surface area contributed by atoms with E-state index in [-0.39, 0.29) is 170 Å². The van der Waals surface area contributed by atoms with Crippen LogP contribution in [0.3, 0.4) is 0 Å². The van der Waals surface area contributed by atoms with Crippen LogP contribution in [0.1, 0.15) is 130 Å². The fourth-order valence-electron chi connectivity index (χ4n) is 9.73. The molecule has 0 saturated carbocycles. The second-order valence-electron chi connectivity index (χ2n) is 27.6. The van der Waals surface area contributed by atoms with E-state index in [0.29, 0.717) is 227 Å². The van der Waals surface area contributed by atoms with Gasteiger partial charge in [-0.2, -0.15) is 0 Å². The van der Waals surface area contributed by atoms with Gasteiger partial charge in [0.1, 0.15) is 17.2 Å². The summed E-state index contributed by atoms with van der Waals surface area (Å²) in [5.74, 6) is -9.17. The summed E-state index contributed by atoms with van der Waals surface area (Å²) in [5, 5.41) is 26.1. The number of hydroxylamine groups is 4. The van der Waals surface area contributed by atoms with Gasteiger partial charge in [-0.1, -0.05) is 0 Å². The molecule has 2 saturated heterocycles. The largest absolute Gasteiger partial charge is 0.481 e. The van der Waals surface area contributed by atoms with Gasteiger partial charge in [0.2, 0.25) is 0 Å². The SMILES string of the molecule is CC(C)(C)OC(=O)CCCOCCOCCOCCOCCC(=O)O.O.O=C(CCCOCCOCCOCCOCCC(=O)ON1C(=O)CCC1=O)CCN1C(=O)C=CC1=O.O=C(CCN1C(=O)C=CC1=O)ON1C(=O)CCC1=O.O=C(O)CCOCCOCCOCCOCCCC(=O)CCN1C(=O)C=CC1=O.[NH3+]CCOCCOCCOCCOCCC(=O)O. The lowest BCUT2D eigenvalue weighted by atomic mass is 10.1. The second-order valence-corrected chi connectivity index (χ2v) is 27.6. The van der Waals surface area contributed by atoms with E-state index >= 15 is 0 Å². The summed E-state index contributed by atoms with van der Waals surface area (Å²) in [6.07, 6.45) is 9.81. The van der Waals surface area contributed by atoms with E-state index in [9.17, 15) is 86.3 Å². The molecular weight excluding hydrogens is 1710 g/mol. The maximum Gasteiger partial charge on any atom is 0.335 e. The molecule has 10 amide bonds. The van der Waals surface area contributed by atoms with Gasteiger partial charge in [0, 0.05) is 134 Å². The maximum atomic E-state index is 11.8. The molecule has 5 aliphatic heterocycles. The molecule has 0 radical (unpaired) electrons. The van der Waals surface area contributed by atoms with Crippen LogP contribution in [0, 0.1) is 0 Å². The van der Waals surface area contributed by atoms with Crippen molar-refractivity contribution in [3.05, 3.63) is 36.5 Å². The average Bonchev–Trinajstić information content (AvgIpc) is 1.86. The fourth-order valence-corrected chi connectivity index (χ4v) is 9.73. The highest BCUT2D eigenvalue weighted by atomic mass is 16.7. The van der Waals surface area contributed by atoms with Crippen LogP contribution in [-0.2, 0) is 177 Å². The molecule has 0 unspecified atom stereocenters. The van der Waals surface area contributed by atoms with Crippen LogP contribution in [0.5, 0.6) is 0 Å². The van der Waals surface area contributed by atoms with Crippen LogP contribution in [0.25, 0.3) is 0 Å². The quantitative estimate of drug-likeness (QED) is 0.0303. The van der Waals surface area contributed by atoms with Crippen LogP contribution in [0.2, 0.25) is 0 Å². The van der Waals surface area contributed by atoms with E-state index in [1.54, 1.807) is 0 Å². The molecule has 47 nitrogen and oxygen atoms in total. The van der Waals surface area contributed by atoms with Gasteiger partial charge in [-0.15, -0.1) is 10.1 Å². The molecule has 0 spiro atoms. The first-order valence-corrected chi connectivity index (χ1v) is 41.6. The number of nitrogens with zero attached hydrogens (tertiary/aromatic N) is 5. The fraction of sp³-hybridized carbons (Fsp3) is 0.704. The molecule has 5 aliphatic rings. The third kappa shape index (κ3) is 66.7. The van der Waals surface area contributed by atoms with Crippen molar-refractivity contribution in [1.29, 1.82) is 0 Å². The number of hydrogen-bond acceptors (Lipinski definition) is 37. The number of esters is 1. The number of amides is 10. The lowest BCUT2D eigenvalue weighted by Gasteiger charge is -2.19. The molecule has 0 aromatic heterocycles. The van der Waals surface area contributed by atoms with Gasteiger partial charge >= 0.3 is 35.8 Å². The Hall–Kier alpha value is -9.64.